The Labute approximate surface area is 138 Å². The van der Waals surface area contributed by atoms with Crippen molar-refractivity contribution in [3.8, 4) is 17.2 Å². The van der Waals surface area contributed by atoms with Crippen LogP contribution in [0.3, 0.4) is 0 Å². The lowest BCUT2D eigenvalue weighted by atomic mass is 10.1. The molecule has 22 heavy (non-hydrogen) atoms. The van der Waals surface area contributed by atoms with Crippen LogP contribution in [0.2, 0.25) is 0 Å². The summed E-state index contributed by atoms with van der Waals surface area (Å²) in [5.41, 5.74) is 3.47. The number of hydrogen-bond donors (Lipinski definition) is 1. The third kappa shape index (κ3) is 3.25. The third-order valence-corrected chi connectivity index (χ3v) is 4.46. The van der Waals surface area contributed by atoms with Crippen LogP contribution < -0.4 is 9.47 Å². The Morgan fingerprint density at radius 1 is 1.09 bits per heavy atom. The quantitative estimate of drug-likeness (QED) is 0.811. The average Bonchev–Trinajstić information content (AvgIpc) is 2.54. The third-order valence-electron chi connectivity index (χ3n) is 3.49. The summed E-state index contributed by atoms with van der Waals surface area (Å²) in [6, 6.07) is 7.30. The van der Waals surface area contributed by atoms with E-state index < -0.39 is 0 Å². The molecule has 0 saturated carbocycles. The normalized spacial score (nSPS) is 11.0. The summed E-state index contributed by atoms with van der Waals surface area (Å²) in [6.07, 6.45) is 1.63. The second kappa shape index (κ2) is 6.83. The molecule has 0 aromatic heterocycles. The zero-order chi connectivity index (χ0) is 16.3. The van der Waals surface area contributed by atoms with Crippen molar-refractivity contribution in [2.45, 2.75) is 13.8 Å². The molecule has 0 saturated heterocycles. The van der Waals surface area contributed by atoms with E-state index in [1.807, 2.05) is 26.0 Å². The van der Waals surface area contributed by atoms with E-state index in [2.05, 4.69) is 20.9 Å². The highest BCUT2D eigenvalue weighted by molar-refractivity contribution is 9.10. The minimum Gasteiger partial charge on any atom is -0.506 e. The first-order valence-corrected chi connectivity index (χ1v) is 7.52. The predicted molar refractivity (Wildman–Crippen MR) is 92.1 cm³/mol. The summed E-state index contributed by atoms with van der Waals surface area (Å²) in [5.74, 6) is 1.45. The van der Waals surface area contributed by atoms with Crippen molar-refractivity contribution in [3.05, 3.63) is 45.4 Å². The summed E-state index contributed by atoms with van der Waals surface area (Å²) in [4.78, 5) is 4.39. The second-order valence-electron chi connectivity index (χ2n) is 4.87. The Hall–Kier alpha value is -2.01. The number of rotatable bonds is 4. The smallest absolute Gasteiger partial charge is 0.162 e. The molecule has 2 aromatic carbocycles. The number of methoxy groups -OCH3 is 2. The van der Waals surface area contributed by atoms with Gasteiger partial charge in [0.05, 0.1) is 24.4 Å². The van der Waals surface area contributed by atoms with Gasteiger partial charge in [0.2, 0.25) is 0 Å². The Bertz CT molecular complexity index is 726. The van der Waals surface area contributed by atoms with Crippen molar-refractivity contribution in [3.63, 3.8) is 0 Å². The lowest BCUT2D eigenvalue weighted by Crippen LogP contribution is -1.91. The number of aliphatic imine (C=N–C) groups is 1. The van der Waals surface area contributed by atoms with E-state index >= 15 is 0 Å². The number of halogens is 1. The van der Waals surface area contributed by atoms with Gasteiger partial charge in [-0.1, -0.05) is 0 Å². The van der Waals surface area contributed by atoms with E-state index in [-0.39, 0.29) is 5.75 Å². The van der Waals surface area contributed by atoms with Crippen molar-refractivity contribution in [1.29, 1.82) is 0 Å². The number of ether oxygens (including phenoxy) is 2. The van der Waals surface area contributed by atoms with E-state index in [0.717, 1.165) is 11.1 Å². The van der Waals surface area contributed by atoms with Crippen LogP contribution in [0, 0.1) is 13.8 Å². The molecule has 0 amide bonds. The van der Waals surface area contributed by atoms with Crippen molar-refractivity contribution in [2.24, 2.45) is 4.99 Å². The van der Waals surface area contributed by atoms with E-state index in [1.54, 1.807) is 32.6 Å². The van der Waals surface area contributed by atoms with Crippen molar-refractivity contribution < 1.29 is 14.6 Å². The topological polar surface area (TPSA) is 51.0 Å². The fraction of sp³-hybridized carbons (Fsp3) is 0.235. The van der Waals surface area contributed by atoms with Crippen molar-refractivity contribution in [2.75, 3.05) is 14.2 Å². The highest BCUT2D eigenvalue weighted by atomic mass is 79.9. The molecule has 116 valence electrons. The number of aromatic hydroxyl groups is 1. The molecule has 2 aromatic rings. The molecule has 0 bridgehead atoms. The van der Waals surface area contributed by atoms with Gasteiger partial charge < -0.3 is 14.6 Å². The Morgan fingerprint density at radius 3 is 2.41 bits per heavy atom. The molecule has 0 heterocycles. The molecule has 0 fully saturated rings. The Morgan fingerprint density at radius 2 is 1.77 bits per heavy atom. The molecule has 4 nitrogen and oxygen atoms in total. The van der Waals surface area contributed by atoms with Gasteiger partial charge >= 0.3 is 0 Å². The van der Waals surface area contributed by atoms with Crippen molar-refractivity contribution >= 4 is 27.8 Å². The van der Waals surface area contributed by atoms with E-state index in [9.17, 15) is 5.11 Å². The molecule has 0 unspecified atom stereocenters. The molecular formula is C17H18BrNO3. The maximum Gasteiger partial charge on any atom is 0.162 e. The van der Waals surface area contributed by atoms with E-state index in [1.165, 1.54) is 0 Å². The largest absolute Gasteiger partial charge is 0.506 e. The Kier molecular flexibility index (Phi) is 5.08. The van der Waals surface area contributed by atoms with Gasteiger partial charge in [-0.3, -0.25) is 4.99 Å². The van der Waals surface area contributed by atoms with Gasteiger partial charge in [-0.2, -0.15) is 0 Å². The maximum absolute atomic E-state index is 10.2. The zero-order valence-corrected chi connectivity index (χ0v) is 14.6. The minimum atomic E-state index is 0.187. The van der Waals surface area contributed by atoms with Crippen LogP contribution in [0.25, 0.3) is 0 Å². The number of aryl methyl sites for hydroxylation is 1. The van der Waals surface area contributed by atoms with Gasteiger partial charge in [0.1, 0.15) is 5.75 Å². The zero-order valence-electron chi connectivity index (χ0n) is 13.0. The fourth-order valence-electron chi connectivity index (χ4n) is 2.03. The summed E-state index contributed by atoms with van der Waals surface area (Å²) in [7, 11) is 3.17. The van der Waals surface area contributed by atoms with Gasteiger partial charge in [-0.25, -0.2) is 0 Å². The van der Waals surface area contributed by atoms with Crippen LogP contribution in [-0.2, 0) is 0 Å². The molecule has 0 radical (unpaired) electrons. The summed E-state index contributed by atoms with van der Waals surface area (Å²) >= 11 is 3.40. The molecule has 0 atom stereocenters. The van der Waals surface area contributed by atoms with Gasteiger partial charge in [-0.05, 0) is 59.1 Å². The van der Waals surface area contributed by atoms with Gasteiger partial charge in [0.25, 0.3) is 0 Å². The molecule has 0 aliphatic carbocycles. The standard InChI is InChI=1S/C17H18BrNO3/c1-10-7-12(17(20)16(18)11(10)2)9-19-13-5-6-14(21-3)15(8-13)22-4/h5-9,20H,1-4H3. The monoisotopic (exact) mass is 363 g/mol. The highest BCUT2D eigenvalue weighted by Gasteiger charge is 2.09. The van der Waals surface area contributed by atoms with E-state index in [4.69, 9.17) is 9.47 Å². The van der Waals surface area contributed by atoms with Crippen LogP contribution in [0.4, 0.5) is 5.69 Å². The van der Waals surface area contributed by atoms with E-state index in [0.29, 0.717) is 27.2 Å². The molecule has 0 aliphatic rings. The van der Waals surface area contributed by atoms with Crippen LogP contribution in [0.5, 0.6) is 17.2 Å². The number of phenolic OH excluding ortho intramolecular Hbond substituents is 1. The second-order valence-corrected chi connectivity index (χ2v) is 5.66. The average molecular weight is 364 g/mol. The summed E-state index contributed by atoms with van der Waals surface area (Å²) in [5, 5.41) is 10.2. The van der Waals surface area contributed by atoms with Crippen LogP contribution in [0.15, 0.2) is 33.7 Å². The SMILES string of the molecule is COc1ccc(N=Cc2cc(C)c(C)c(Br)c2O)cc1OC. The maximum atomic E-state index is 10.2. The fourth-order valence-corrected chi connectivity index (χ4v) is 2.58. The predicted octanol–water partition coefficient (Wildman–Crippen LogP) is 4.54. The first-order chi connectivity index (χ1) is 10.5. The summed E-state index contributed by atoms with van der Waals surface area (Å²) in [6.45, 7) is 3.95. The van der Waals surface area contributed by atoms with Crippen LogP contribution >= 0.6 is 15.9 Å². The minimum absolute atomic E-state index is 0.187. The number of benzene rings is 2. The molecule has 0 spiro atoms. The molecule has 5 heteroatoms. The highest BCUT2D eigenvalue weighted by Crippen LogP contribution is 2.34. The van der Waals surface area contributed by atoms with Gasteiger partial charge in [0, 0.05) is 17.8 Å². The first-order valence-electron chi connectivity index (χ1n) is 6.72. The molecule has 1 N–H and O–H groups in total. The van der Waals surface area contributed by atoms with Crippen LogP contribution in [-0.4, -0.2) is 25.5 Å². The summed E-state index contributed by atoms with van der Waals surface area (Å²) < 4.78 is 11.1. The Balaban J connectivity index is 2.37. The van der Waals surface area contributed by atoms with Gasteiger partial charge in [0.15, 0.2) is 11.5 Å². The lowest BCUT2D eigenvalue weighted by molar-refractivity contribution is 0.355. The first kappa shape index (κ1) is 16.4. The van der Waals surface area contributed by atoms with Crippen molar-refractivity contribution in [1.82, 2.24) is 0 Å². The van der Waals surface area contributed by atoms with Crippen LogP contribution in [0.1, 0.15) is 16.7 Å². The number of phenols is 1. The molecule has 0 aliphatic heterocycles. The molecular weight excluding hydrogens is 346 g/mol. The number of nitrogens with zero attached hydrogens (tertiary/aromatic N) is 1. The molecule has 2 rings (SSSR count). The number of hydrogen-bond acceptors (Lipinski definition) is 4. The lowest BCUT2D eigenvalue weighted by Gasteiger charge is -2.09. The van der Waals surface area contributed by atoms with Gasteiger partial charge in [-0.15, -0.1) is 0 Å².